The Morgan fingerprint density at radius 1 is 0.895 bits per heavy atom. The molecule has 0 N–H and O–H groups in total. The van der Waals surface area contributed by atoms with Gasteiger partial charge in [-0.05, 0) is 84.1 Å². The van der Waals surface area contributed by atoms with Gasteiger partial charge in [0.1, 0.15) is 0 Å². The number of hydrogen-bond acceptors (Lipinski definition) is 2. The molecule has 2 aliphatic heterocycles. The molecule has 1 atom stereocenters. The largest absolute Gasteiger partial charge is 0.306 e. The minimum atomic E-state index is 0.801. The van der Waals surface area contributed by atoms with Gasteiger partial charge >= 0.3 is 0 Å². The molecule has 2 heteroatoms. The first-order chi connectivity index (χ1) is 9.19. The summed E-state index contributed by atoms with van der Waals surface area (Å²) < 4.78 is 0. The van der Waals surface area contributed by atoms with Crippen LogP contribution in [0.3, 0.4) is 0 Å². The van der Waals surface area contributed by atoms with Crippen LogP contribution in [0, 0.1) is 11.8 Å². The van der Waals surface area contributed by atoms with Crippen molar-refractivity contribution in [3.05, 3.63) is 0 Å². The average Bonchev–Trinajstić information content (AvgIpc) is 2.46. The summed E-state index contributed by atoms with van der Waals surface area (Å²) in [6, 6.07) is 0.801. The Kier molecular flexibility index (Phi) is 6.15. The smallest absolute Gasteiger partial charge is 0.00643 e. The SMILES string of the molecule is CCC(C)N1CCC(CCC2CCN(C)CC2)CC1. The first-order valence-corrected chi connectivity index (χ1v) is 8.61. The van der Waals surface area contributed by atoms with Crippen molar-refractivity contribution in [2.45, 2.75) is 64.8 Å². The highest BCUT2D eigenvalue weighted by atomic mass is 15.2. The minimum absolute atomic E-state index is 0.801. The van der Waals surface area contributed by atoms with Crippen molar-refractivity contribution in [1.29, 1.82) is 0 Å². The quantitative estimate of drug-likeness (QED) is 0.750. The van der Waals surface area contributed by atoms with Crippen molar-refractivity contribution in [3.8, 4) is 0 Å². The van der Waals surface area contributed by atoms with Crippen molar-refractivity contribution in [3.63, 3.8) is 0 Å². The van der Waals surface area contributed by atoms with Gasteiger partial charge in [0.25, 0.3) is 0 Å². The first-order valence-electron chi connectivity index (χ1n) is 8.61. The number of hydrogen-bond donors (Lipinski definition) is 0. The van der Waals surface area contributed by atoms with Gasteiger partial charge in [0.15, 0.2) is 0 Å². The van der Waals surface area contributed by atoms with E-state index in [1.807, 2.05) is 0 Å². The monoisotopic (exact) mass is 266 g/mol. The molecule has 1 unspecified atom stereocenters. The van der Waals surface area contributed by atoms with Crippen molar-refractivity contribution in [1.82, 2.24) is 9.80 Å². The second-order valence-electron chi connectivity index (χ2n) is 7.06. The van der Waals surface area contributed by atoms with Crippen molar-refractivity contribution < 1.29 is 0 Å². The molecule has 2 saturated heterocycles. The van der Waals surface area contributed by atoms with E-state index in [4.69, 9.17) is 0 Å². The highest BCUT2D eigenvalue weighted by molar-refractivity contribution is 4.77. The van der Waals surface area contributed by atoms with Crippen molar-refractivity contribution in [2.75, 3.05) is 33.2 Å². The van der Waals surface area contributed by atoms with E-state index in [-0.39, 0.29) is 0 Å². The number of piperidine rings is 2. The molecule has 112 valence electrons. The zero-order valence-corrected chi connectivity index (χ0v) is 13.4. The fourth-order valence-corrected chi connectivity index (χ4v) is 3.76. The van der Waals surface area contributed by atoms with Gasteiger partial charge in [0, 0.05) is 6.04 Å². The van der Waals surface area contributed by atoms with Crippen LogP contribution in [-0.4, -0.2) is 49.1 Å². The van der Waals surface area contributed by atoms with E-state index in [0.29, 0.717) is 0 Å². The Morgan fingerprint density at radius 3 is 1.84 bits per heavy atom. The van der Waals surface area contributed by atoms with Gasteiger partial charge in [-0.3, -0.25) is 0 Å². The van der Waals surface area contributed by atoms with Gasteiger partial charge in [-0.25, -0.2) is 0 Å². The third-order valence-corrected chi connectivity index (χ3v) is 5.68. The summed E-state index contributed by atoms with van der Waals surface area (Å²) in [5.41, 5.74) is 0. The molecule has 0 aromatic carbocycles. The van der Waals surface area contributed by atoms with Gasteiger partial charge in [-0.2, -0.15) is 0 Å². The summed E-state index contributed by atoms with van der Waals surface area (Å²) in [5.74, 6) is 2.06. The van der Waals surface area contributed by atoms with E-state index in [0.717, 1.165) is 17.9 Å². The molecule has 2 fully saturated rings. The molecule has 0 aliphatic carbocycles. The minimum Gasteiger partial charge on any atom is -0.306 e. The second-order valence-corrected chi connectivity index (χ2v) is 7.06. The van der Waals surface area contributed by atoms with Crippen LogP contribution in [-0.2, 0) is 0 Å². The van der Waals surface area contributed by atoms with Gasteiger partial charge in [0.05, 0.1) is 0 Å². The highest BCUT2D eigenvalue weighted by Crippen LogP contribution is 2.28. The Hall–Kier alpha value is -0.0800. The first kappa shape index (κ1) is 15.3. The summed E-state index contributed by atoms with van der Waals surface area (Å²) in [6.07, 6.45) is 10.1. The fourth-order valence-electron chi connectivity index (χ4n) is 3.76. The summed E-state index contributed by atoms with van der Waals surface area (Å²) in [6.45, 7) is 10.1. The van der Waals surface area contributed by atoms with Gasteiger partial charge in [0.2, 0.25) is 0 Å². The zero-order chi connectivity index (χ0) is 13.7. The Morgan fingerprint density at radius 2 is 1.37 bits per heavy atom. The Labute approximate surface area is 120 Å². The van der Waals surface area contributed by atoms with Crippen LogP contribution < -0.4 is 0 Å². The molecule has 19 heavy (non-hydrogen) atoms. The lowest BCUT2D eigenvalue weighted by atomic mass is 9.85. The predicted octanol–water partition coefficient (Wildman–Crippen LogP) is 3.62. The molecule has 0 spiro atoms. The lowest BCUT2D eigenvalue weighted by Gasteiger charge is -2.36. The normalized spacial score (nSPS) is 26.7. The van der Waals surface area contributed by atoms with Crippen molar-refractivity contribution >= 4 is 0 Å². The summed E-state index contributed by atoms with van der Waals surface area (Å²) >= 11 is 0. The number of nitrogens with zero attached hydrogens (tertiary/aromatic N) is 2. The van der Waals surface area contributed by atoms with Crippen LogP contribution >= 0.6 is 0 Å². The lowest BCUT2D eigenvalue weighted by molar-refractivity contribution is 0.127. The van der Waals surface area contributed by atoms with E-state index < -0.39 is 0 Å². The van der Waals surface area contributed by atoms with Crippen LogP contribution in [0.4, 0.5) is 0 Å². The summed E-state index contributed by atoms with van der Waals surface area (Å²) in [5, 5.41) is 0. The molecule has 0 amide bonds. The molecule has 0 aromatic heterocycles. The lowest BCUT2D eigenvalue weighted by Crippen LogP contribution is -2.39. The fraction of sp³-hybridized carbons (Fsp3) is 1.00. The van der Waals surface area contributed by atoms with Gasteiger partial charge < -0.3 is 9.80 Å². The Bertz CT molecular complexity index is 238. The molecule has 2 heterocycles. The van der Waals surface area contributed by atoms with Crippen LogP contribution in [0.15, 0.2) is 0 Å². The van der Waals surface area contributed by atoms with Crippen LogP contribution in [0.2, 0.25) is 0 Å². The van der Waals surface area contributed by atoms with Crippen LogP contribution in [0.5, 0.6) is 0 Å². The van der Waals surface area contributed by atoms with Crippen LogP contribution in [0.1, 0.15) is 58.8 Å². The molecular weight excluding hydrogens is 232 g/mol. The zero-order valence-electron chi connectivity index (χ0n) is 13.4. The number of rotatable bonds is 5. The van der Waals surface area contributed by atoms with Gasteiger partial charge in [-0.15, -0.1) is 0 Å². The molecule has 0 aromatic rings. The molecule has 0 bridgehead atoms. The molecule has 0 saturated carbocycles. The third kappa shape index (κ3) is 4.75. The van der Waals surface area contributed by atoms with E-state index in [1.54, 1.807) is 0 Å². The van der Waals surface area contributed by atoms with E-state index in [2.05, 4.69) is 30.7 Å². The van der Waals surface area contributed by atoms with Crippen molar-refractivity contribution in [2.24, 2.45) is 11.8 Å². The van der Waals surface area contributed by atoms with E-state index in [1.165, 1.54) is 71.1 Å². The molecule has 2 aliphatic rings. The molecule has 2 nitrogen and oxygen atoms in total. The summed E-state index contributed by atoms with van der Waals surface area (Å²) in [4.78, 5) is 5.19. The molecule has 2 rings (SSSR count). The Balaban J connectivity index is 1.60. The van der Waals surface area contributed by atoms with Crippen LogP contribution in [0.25, 0.3) is 0 Å². The average molecular weight is 266 g/mol. The standard InChI is InChI=1S/C17H34N2/c1-4-15(2)19-13-9-17(10-14-19)6-5-16-7-11-18(3)12-8-16/h15-17H,4-14H2,1-3H3. The molecular formula is C17H34N2. The second kappa shape index (κ2) is 7.64. The maximum Gasteiger partial charge on any atom is 0.00643 e. The maximum atomic E-state index is 2.70. The van der Waals surface area contributed by atoms with E-state index in [9.17, 15) is 0 Å². The van der Waals surface area contributed by atoms with E-state index >= 15 is 0 Å². The maximum absolute atomic E-state index is 2.70. The number of likely N-dealkylation sites (tertiary alicyclic amines) is 2. The summed E-state index contributed by atoms with van der Waals surface area (Å²) in [7, 11) is 2.26. The van der Waals surface area contributed by atoms with Gasteiger partial charge in [-0.1, -0.05) is 19.8 Å². The topological polar surface area (TPSA) is 6.48 Å². The highest BCUT2D eigenvalue weighted by Gasteiger charge is 2.23. The molecule has 0 radical (unpaired) electrons. The predicted molar refractivity (Wildman–Crippen MR) is 83.5 cm³/mol. The third-order valence-electron chi connectivity index (χ3n) is 5.68.